The Morgan fingerprint density at radius 2 is 2.14 bits per heavy atom. The normalized spacial score (nSPS) is 16.1. The molecule has 116 valence electrons. The smallest absolute Gasteiger partial charge is 0.224 e. The number of benzene rings is 1. The van der Waals surface area contributed by atoms with Crippen LogP contribution in [0.25, 0.3) is 0 Å². The van der Waals surface area contributed by atoms with Crippen LogP contribution in [-0.2, 0) is 10.5 Å². The molecule has 0 unspecified atom stereocenters. The Balaban J connectivity index is 1.83. The Morgan fingerprint density at radius 1 is 1.38 bits per heavy atom. The maximum Gasteiger partial charge on any atom is 0.224 e. The van der Waals surface area contributed by atoms with Gasteiger partial charge in [0.1, 0.15) is 0 Å². The number of anilines is 1. The van der Waals surface area contributed by atoms with E-state index in [4.69, 9.17) is 0 Å². The van der Waals surface area contributed by atoms with Gasteiger partial charge in [0.25, 0.3) is 0 Å². The fourth-order valence-electron chi connectivity index (χ4n) is 2.56. The highest BCUT2D eigenvalue weighted by Crippen LogP contribution is 2.21. The van der Waals surface area contributed by atoms with Crippen LogP contribution in [0.15, 0.2) is 24.3 Å². The van der Waals surface area contributed by atoms with E-state index >= 15 is 0 Å². The third kappa shape index (κ3) is 6.10. The van der Waals surface area contributed by atoms with Crippen molar-refractivity contribution < 1.29 is 4.79 Å². The fourth-order valence-corrected chi connectivity index (χ4v) is 3.27. The van der Waals surface area contributed by atoms with Gasteiger partial charge in [-0.3, -0.25) is 4.79 Å². The summed E-state index contributed by atoms with van der Waals surface area (Å²) in [5.74, 6) is 1.68. The molecule has 1 heterocycles. The average molecular weight is 306 g/mol. The molecule has 0 aliphatic carbocycles. The molecule has 1 amide bonds. The van der Waals surface area contributed by atoms with E-state index in [0.717, 1.165) is 37.4 Å². The van der Waals surface area contributed by atoms with Crippen molar-refractivity contribution in [3.8, 4) is 0 Å². The Kier molecular flexibility index (Phi) is 6.58. The molecule has 3 nitrogen and oxygen atoms in total. The number of piperidine rings is 1. The van der Waals surface area contributed by atoms with Gasteiger partial charge in [-0.05, 0) is 54.8 Å². The van der Waals surface area contributed by atoms with Crippen molar-refractivity contribution in [2.24, 2.45) is 5.92 Å². The second-order valence-corrected chi connectivity index (χ2v) is 7.57. The molecule has 0 bridgehead atoms. The molecule has 0 radical (unpaired) electrons. The van der Waals surface area contributed by atoms with Crippen LogP contribution in [0.3, 0.4) is 0 Å². The summed E-state index contributed by atoms with van der Waals surface area (Å²) in [5, 5.41) is 7.01. The van der Waals surface area contributed by atoms with E-state index in [1.807, 2.05) is 23.9 Å². The monoisotopic (exact) mass is 306 g/mol. The van der Waals surface area contributed by atoms with Crippen molar-refractivity contribution in [1.29, 1.82) is 0 Å². The van der Waals surface area contributed by atoms with Gasteiger partial charge in [0.05, 0.1) is 0 Å². The van der Waals surface area contributed by atoms with Gasteiger partial charge in [-0.1, -0.05) is 26.0 Å². The lowest BCUT2D eigenvalue weighted by atomic mass is 9.94. The van der Waals surface area contributed by atoms with E-state index in [0.29, 0.717) is 17.6 Å². The summed E-state index contributed by atoms with van der Waals surface area (Å²) < 4.78 is 0. The van der Waals surface area contributed by atoms with Crippen LogP contribution in [0, 0.1) is 5.92 Å². The lowest BCUT2D eigenvalue weighted by molar-refractivity contribution is -0.117. The summed E-state index contributed by atoms with van der Waals surface area (Å²) in [5.41, 5.74) is 2.20. The summed E-state index contributed by atoms with van der Waals surface area (Å²) in [4.78, 5) is 12.1. The van der Waals surface area contributed by atoms with Crippen molar-refractivity contribution in [3.63, 3.8) is 0 Å². The largest absolute Gasteiger partial charge is 0.326 e. The molecule has 1 aromatic rings. The average Bonchev–Trinajstić information content (AvgIpc) is 2.46. The molecule has 4 heteroatoms. The fraction of sp³-hybridized carbons (Fsp3) is 0.588. The van der Waals surface area contributed by atoms with Gasteiger partial charge >= 0.3 is 0 Å². The Hall–Kier alpha value is -1.00. The molecule has 1 aliphatic heterocycles. The topological polar surface area (TPSA) is 41.1 Å². The van der Waals surface area contributed by atoms with E-state index < -0.39 is 0 Å². The maximum atomic E-state index is 12.1. The Labute approximate surface area is 132 Å². The van der Waals surface area contributed by atoms with Crippen molar-refractivity contribution in [1.82, 2.24) is 5.32 Å². The summed E-state index contributed by atoms with van der Waals surface area (Å²) in [7, 11) is 0. The van der Waals surface area contributed by atoms with Crippen LogP contribution >= 0.6 is 11.8 Å². The van der Waals surface area contributed by atoms with Gasteiger partial charge < -0.3 is 10.6 Å². The highest BCUT2D eigenvalue weighted by Gasteiger charge is 2.16. The molecule has 0 saturated carbocycles. The molecule has 21 heavy (non-hydrogen) atoms. The predicted molar refractivity (Wildman–Crippen MR) is 91.7 cm³/mol. The van der Waals surface area contributed by atoms with Gasteiger partial charge in [-0.15, -0.1) is 0 Å². The minimum atomic E-state index is 0.149. The Morgan fingerprint density at radius 3 is 2.86 bits per heavy atom. The zero-order chi connectivity index (χ0) is 15.1. The number of carbonyl (C=O) groups excluding carboxylic acids is 1. The maximum absolute atomic E-state index is 12.1. The van der Waals surface area contributed by atoms with Crippen molar-refractivity contribution in [2.75, 3.05) is 18.4 Å². The standard InChI is InChI=1S/C17H26N2OS/c1-13(2)21-12-15-4-3-5-16(10-15)19-17(20)11-14-6-8-18-9-7-14/h3-5,10,13-14,18H,6-9,11-12H2,1-2H3,(H,19,20). The van der Waals surface area contributed by atoms with E-state index in [-0.39, 0.29) is 5.91 Å². The summed E-state index contributed by atoms with van der Waals surface area (Å²) in [6.45, 7) is 6.49. The molecule has 1 aliphatic rings. The molecular weight excluding hydrogens is 280 g/mol. The van der Waals surface area contributed by atoms with Crippen molar-refractivity contribution in [3.05, 3.63) is 29.8 Å². The van der Waals surface area contributed by atoms with Crippen molar-refractivity contribution in [2.45, 2.75) is 44.1 Å². The number of rotatable bonds is 6. The van der Waals surface area contributed by atoms with Crippen LogP contribution in [-0.4, -0.2) is 24.2 Å². The molecule has 0 spiro atoms. The highest BCUT2D eigenvalue weighted by molar-refractivity contribution is 7.99. The minimum absolute atomic E-state index is 0.149. The zero-order valence-electron chi connectivity index (χ0n) is 13.0. The summed E-state index contributed by atoms with van der Waals surface area (Å²) in [6.07, 6.45) is 2.86. The third-order valence-corrected chi connectivity index (χ3v) is 4.89. The molecule has 0 atom stereocenters. The van der Waals surface area contributed by atoms with E-state index in [1.54, 1.807) is 0 Å². The first-order chi connectivity index (χ1) is 10.1. The number of amides is 1. The second-order valence-electron chi connectivity index (χ2n) is 6.01. The second kappa shape index (κ2) is 8.44. The predicted octanol–water partition coefficient (Wildman–Crippen LogP) is 3.66. The van der Waals surface area contributed by atoms with E-state index in [1.165, 1.54) is 5.56 Å². The van der Waals surface area contributed by atoms with Crippen LogP contribution in [0.5, 0.6) is 0 Å². The van der Waals surface area contributed by atoms with Gasteiger partial charge in [-0.2, -0.15) is 11.8 Å². The lowest BCUT2D eigenvalue weighted by Crippen LogP contribution is -2.30. The molecule has 1 saturated heterocycles. The lowest BCUT2D eigenvalue weighted by Gasteiger charge is -2.22. The van der Waals surface area contributed by atoms with Crippen LogP contribution in [0.1, 0.15) is 38.7 Å². The van der Waals surface area contributed by atoms with Crippen molar-refractivity contribution >= 4 is 23.4 Å². The van der Waals surface area contributed by atoms with Gasteiger partial charge in [-0.25, -0.2) is 0 Å². The van der Waals surface area contributed by atoms with Crippen LogP contribution in [0.2, 0.25) is 0 Å². The van der Waals surface area contributed by atoms with Gasteiger partial charge in [0.2, 0.25) is 5.91 Å². The molecule has 1 aromatic carbocycles. The Bertz CT molecular complexity index is 456. The first kappa shape index (κ1) is 16.4. The molecular formula is C17H26N2OS. The quantitative estimate of drug-likeness (QED) is 0.843. The zero-order valence-corrected chi connectivity index (χ0v) is 13.8. The summed E-state index contributed by atoms with van der Waals surface area (Å²) >= 11 is 1.92. The first-order valence-electron chi connectivity index (χ1n) is 7.84. The number of hydrogen-bond donors (Lipinski definition) is 2. The summed E-state index contributed by atoms with van der Waals surface area (Å²) in [6, 6.07) is 8.22. The van der Waals surface area contributed by atoms with Crippen LogP contribution < -0.4 is 10.6 Å². The highest BCUT2D eigenvalue weighted by atomic mass is 32.2. The van der Waals surface area contributed by atoms with Crippen LogP contribution in [0.4, 0.5) is 5.69 Å². The number of thioether (sulfide) groups is 1. The SMILES string of the molecule is CC(C)SCc1cccc(NC(=O)CC2CCNCC2)c1. The minimum Gasteiger partial charge on any atom is -0.326 e. The molecule has 0 aromatic heterocycles. The number of hydrogen-bond acceptors (Lipinski definition) is 3. The van der Waals surface area contributed by atoms with Gasteiger partial charge in [0.15, 0.2) is 0 Å². The number of nitrogens with one attached hydrogen (secondary N) is 2. The number of carbonyl (C=O) groups is 1. The van der Waals surface area contributed by atoms with E-state index in [2.05, 4.69) is 36.6 Å². The van der Waals surface area contributed by atoms with Gasteiger partial charge in [0, 0.05) is 17.9 Å². The first-order valence-corrected chi connectivity index (χ1v) is 8.89. The van der Waals surface area contributed by atoms with E-state index in [9.17, 15) is 4.79 Å². The third-order valence-electron chi connectivity index (χ3n) is 3.73. The molecule has 2 N–H and O–H groups in total. The molecule has 2 rings (SSSR count). The molecule has 1 fully saturated rings.